The van der Waals surface area contributed by atoms with Crippen LogP contribution in [0.25, 0.3) is 0 Å². The molecule has 0 saturated heterocycles. The molecule has 2 rings (SSSR count). The summed E-state index contributed by atoms with van der Waals surface area (Å²) in [6.45, 7) is 0. The summed E-state index contributed by atoms with van der Waals surface area (Å²) in [7, 11) is 0. The number of carbonyl (C=O) groups is 2. The molecule has 2 aromatic rings. The molecule has 0 aliphatic heterocycles. The van der Waals surface area contributed by atoms with Crippen molar-refractivity contribution in [3.8, 4) is 0 Å². The number of hydrogen-bond acceptors (Lipinski definition) is 8. The number of benzene rings is 2. The maximum absolute atomic E-state index is 12.0. The van der Waals surface area contributed by atoms with Gasteiger partial charge < -0.3 is 0 Å². The summed E-state index contributed by atoms with van der Waals surface area (Å²) in [5.74, 6) is 1.96. The van der Waals surface area contributed by atoms with Gasteiger partial charge in [0, 0.05) is 35.4 Å². The Bertz CT molecular complexity index is 811. The zero-order valence-electron chi connectivity index (χ0n) is 15.3. The molecule has 152 valence electrons. The maximum atomic E-state index is 12.0. The van der Waals surface area contributed by atoms with Crippen molar-refractivity contribution < 1.29 is 19.4 Å². The SMILES string of the molecule is O=C(CSCCCSCC(=O)c1ccc([N+](=O)[O-])cc1)c1ccc([N+](=O)[O-])cc1. The first-order valence-electron chi connectivity index (χ1n) is 8.59. The summed E-state index contributed by atoms with van der Waals surface area (Å²) in [5.41, 5.74) is 0.807. The van der Waals surface area contributed by atoms with Crippen LogP contribution in [0.15, 0.2) is 48.5 Å². The zero-order valence-corrected chi connectivity index (χ0v) is 16.9. The molecule has 8 nitrogen and oxygen atoms in total. The molecule has 10 heteroatoms. The largest absolute Gasteiger partial charge is 0.293 e. The van der Waals surface area contributed by atoms with E-state index in [0.717, 1.165) is 17.9 Å². The molecule has 0 aromatic heterocycles. The summed E-state index contributed by atoms with van der Waals surface area (Å²) in [6, 6.07) is 11.1. The van der Waals surface area contributed by atoms with Gasteiger partial charge in [-0.05, 0) is 42.2 Å². The van der Waals surface area contributed by atoms with Gasteiger partial charge in [0.1, 0.15) is 0 Å². The van der Waals surface area contributed by atoms with Gasteiger partial charge in [-0.25, -0.2) is 0 Å². The van der Waals surface area contributed by atoms with Crippen molar-refractivity contribution in [1.29, 1.82) is 0 Å². The van der Waals surface area contributed by atoms with Gasteiger partial charge >= 0.3 is 0 Å². The number of Topliss-reactive ketones (excluding diaryl/α,β-unsaturated/α-hetero) is 2. The molecule has 0 unspecified atom stereocenters. The lowest BCUT2D eigenvalue weighted by atomic mass is 10.1. The van der Waals surface area contributed by atoms with Gasteiger partial charge in [0.05, 0.1) is 21.4 Å². The lowest BCUT2D eigenvalue weighted by Crippen LogP contribution is -2.04. The van der Waals surface area contributed by atoms with E-state index in [1.165, 1.54) is 72.1 Å². The highest BCUT2D eigenvalue weighted by atomic mass is 32.2. The highest BCUT2D eigenvalue weighted by Crippen LogP contribution is 2.17. The lowest BCUT2D eigenvalue weighted by Gasteiger charge is -2.03. The van der Waals surface area contributed by atoms with E-state index < -0.39 is 9.85 Å². The van der Waals surface area contributed by atoms with Crippen molar-refractivity contribution in [2.75, 3.05) is 23.0 Å². The van der Waals surface area contributed by atoms with Crippen molar-refractivity contribution >= 4 is 46.5 Å². The van der Waals surface area contributed by atoms with Crippen LogP contribution in [-0.2, 0) is 0 Å². The second kappa shape index (κ2) is 11.3. The van der Waals surface area contributed by atoms with Crippen molar-refractivity contribution in [3.05, 3.63) is 79.9 Å². The molecule has 0 atom stereocenters. The molecule has 2 aromatic carbocycles. The molecule has 0 heterocycles. The molecule has 0 radical (unpaired) electrons. The van der Waals surface area contributed by atoms with Crippen LogP contribution in [0.2, 0.25) is 0 Å². The number of rotatable bonds is 12. The van der Waals surface area contributed by atoms with Crippen molar-refractivity contribution in [3.63, 3.8) is 0 Å². The fraction of sp³-hybridized carbons (Fsp3) is 0.263. The highest BCUT2D eigenvalue weighted by Gasteiger charge is 2.11. The van der Waals surface area contributed by atoms with Crippen LogP contribution in [0.3, 0.4) is 0 Å². The van der Waals surface area contributed by atoms with E-state index in [9.17, 15) is 29.8 Å². The first kappa shape index (κ1) is 22.6. The summed E-state index contributed by atoms with van der Waals surface area (Å²) >= 11 is 2.96. The third-order valence-corrected chi connectivity index (χ3v) is 5.93. The monoisotopic (exact) mass is 434 g/mol. The normalized spacial score (nSPS) is 10.5. The maximum Gasteiger partial charge on any atom is 0.269 e. The molecule has 0 saturated carbocycles. The Balaban J connectivity index is 1.60. The van der Waals surface area contributed by atoms with E-state index >= 15 is 0 Å². The standard InChI is InChI=1S/C19H18N2O6S2/c22-18(14-2-6-16(7-3-14)20(24)25)12-28-10-1-11-29-13-19(23)15-4-8-17(9-5-15)21(26)27/h2-9H,1,10-13H2. The molecular weight excluding hydrogens is 416 g/mol. The van der Waals surface area contributed by atoms with Crippen LogP contribution in [0.5, 0.6) is 0 Å². The van der Waals surface area contributed by atoms with Gasteiger partial charge in [-0.15, -0.1) is 0 Å². The van der Waals surface area contributed by atoms with Crippen LogP contribution < -0.4 is 0 Å². The average Bonchev–Trinajstić information content (AvgIpc) is 2.72. The Morgan fingerprint density at radius 1 is 0.690 bits per heavy atom. The van der Waals surface area contributed by atoms with Crippen LogP contribution in [0, 0.1) is 20.2 Å². The van der Waals surface area contributed by atoms with E-state index in [1.807, 2.05) is 0 Å². The van der Waals surface area contributed by atoms with E-state index in [1.54, 1.807) is 0 Å². The van der Waals surface area contributed by atoms with Crippen LogP contribution in [-0.4, -0.2) is 44.4 Å². The minimum absolute atomic E-state index is 0.0468. The van der Waals surface area contributed by atoms with Crippen molar-refractivity contribution in [2.45, 2.75) is 6.42 Å². The number of nitrogens with zero attached hydrogens (tertiary/aromatic N) is 2. The number of nitro benzene ring substituents is 2. The van der Waals surface area contributed by atoms with E-state index in [4.69, 9.17) is 0 Å². The molecular formula is C19H18N2O6S2. The second-order valence-corrected chi connectivity index (χ2v) is 8.12. The Morgan fingerprint density at radius 3 is 1.34 bits per heavy atom. The summed E-state index contributed by atoms with van der Waals surface area (Å²) in [6.07, 6.45) is 0.830. The molecule has 0 aliphatic rings. The first-order chi connectivity index (χ1) is 13.9. The zero-order chi connectivity index (χ0) is 21.2. The fourth-order valence-electron chi connectivity index (χ4n) is 2.30. The Kier molecular flexibility index (Phi) is 8.81. The van der Waals surface area contributed by atoms with E-state index in [0.29, 0.717) is 22.6 Å². The number of non-ortho nitro benzene ring substituents is 2. The quantitative estimate of drug-likeness (QED) is 0.208. The van der Waals surface area contributed by atoms with E-state index in [-0.39, 0.29) is 22.9 Å². The third kappa shape index (κ3) is 7.31. The number of thioether (sulfide) groups is 2. The van der Waals surface area contributed by atoms with Gasteiger partial charge in [-0.1, -0.05) is 0 Å². The predicted molar refractivity (Wildman–Crippen MR) is 114 cm³/mol. The van der Waals surface area contributed by atoms with Crippen LogP contribution >= 0.6 is 23.5 Å². The first-order valence-corrected chi connectivity index (χ1v) is 10.9. The van der Waals surface area contributed by atoms with Gasteiger partial charge in [0.25, 0.3) is 11.4 Å². The molecule has 0 amide bonds. The second-order valence-electron chi connectivity index (χ2n) is 5.91. The summed E-state index contributed by atoms with van der Waals surface area (Å²) < 4.78 is 0. The van der Waals surface area contributed by atoms with Gasteiger partial charge in [0.2, 0.25) is 0 Å². The molecule has 0 spiro atoms. The van der Waals surface area contributed by atoms with Crippen molar-refractivity contribution in [1.82, 2.24) is 0 Å². The summed E-state index contributed by atoms with van der Waals surface area (Å²) in [5, 5.41) is 21.2. The minimum atomic E-state index is -0.507. The predicted octanol–water partition coefficient (Wildman–Crippen LogP) is 4.43. The topological polar surface area (TPSA) is 120 Å². The molecule has 0 fully saturated rings. The van der Waals surface area contributed by atoms with Crippen LogP contribution in [0.4, 0.5) is 11.4 Å². The number of ketones is 2. The highest BCUT2D eigenvalue weighted by molar-refractivity contribution is 8.00. The summed E-state index contributed by atoms with van der Waals surface area (Å²) in [4.78, 5) is 44.3. The molecule has 29 heavy (non-hydrogen) atoms. The Morgan fingerprint density at radius 2 is 1.03 bits per heavy atom. The van der Waals surface area contributed by atoms with Gasteiger partial charge in [0.15, 0.2) is 11.6 Å². The van der Waals surface area contributed by atoms with Crippen LogP contribution in [0.1, 0.15) is 27.1 Å². The molecule has 0 bridgehead atoms. The average molecular weight is 434 g/mol. The number of nitro groups is 2. The minimum Gasteiger partial charge on any atom is -0.293 e. The fourth-order valence-corrected chi connectivity index (χ4v) is 4.17. The number of carbonyl (C=O) groups excluding carboxylic acids is 2. The molecule has 0 aliphatic carbocycles. The van der Waals surface area contributed by atoms with Crippen molar-refractivity contribution in [2.24, 2.45) is 0 Å². The Hall–Kier alpha value is -2.72. The Labute approximate surface area is 175 Å². The van der Waals surface area contributed by atoms with Gasteiger partial charge in [-0.2, -0.15) is 23.5 Å². The smallest absolute Gasteiger partial charge is 0.269 e. The van der Waals surface area contributed by atoms with Gasteiger partial charge in [-0.3, -0.25) is 29.8 Å². The number of hydrogen-bond donors (Lipinski definition) is 0. The molecule has 0 N–H and O–H groups in total. The lowest BCUT2D eigenvalue weighted by molar-refractivity contribution is -0.385. The van der Waals surface area contributed by atoms with E-state index in [2.05, 4.69) is 0 Å². The third-order valence-electron chi connectivity index (χ3n) is 3.84.